The van der Waals surface area contributed by atoms with Gasteiger partial charge in [0.05, 0.1) is 13.2 Å². The van der Waals surface area contributed by atoms with Crippen molar-refractivity contribution >= 4 is 5.97 Å². The molecule has 0 aliphatic carbocycles. The Morgan fingerprint density at radius 2 is 2.12 bits per heavy atom. The quantitative estimate of drug-likeness (QED) is 0.307. The highest BCUT2D eigenvalue weighted by Gasteiger charge is 2.07. The molecule has 0 saturated carbocycles. The van der Waals surface area contributed by atoms with Crippen molar-refractivity contribution in [3.05, 3.63) is 23.3 Å². The summed E-state index contributed by atoms with van der Waals surface area (Å²) in [6.45, 7) is 6.23. The van der Waals surface area contributed by atoms with Crippen molar-refractivity contribution in [3.8, 4) is 6.07 Å². The van der Waals surface area contributed by atoms with Gasteiger partial charge in [0.2, 0.25) is 0 Å². The maximum absolute atomic E-state index is 11.0. The van der Waals surface area contributed by atoms with E-state index >= 15 is 0 Å². The van der Waals surface area contributed by atoms with E-state index in [-0.39, 0.29) is 0 Å². The fourth-order valence-electron chi connectivity index (χ4n) is 1.47. The summed E-state index contributed by atoms with van der Waals surface area (Å²) in [5.74, 6) is -0.0702. The van der Waals surface area contributed by atoms with Crippen LogP contribution in [0.1, 0.15) is 40.0 Å². The van der Waals surface area contributed by atoms with Gasteiger partial charge in [0.25, 0.3) is 0 Å². The average Bonchev–Trinajstić information content (AvgIpc) is 2.27. The topological polar surface area (TPSA) is 50.1 Å². The lowest BCUT2D eigenvalue weighted by Gasteiger charge is -2.08. The van der Waals surface area contributed by atoms with Crippen LogP contribution in [0.5, 0.6) is 0 Å². The minimum Gasteiger partial charge on any atom is -0.466 e. The Hall–Kier alpha value is -1.56. The maximum Gasteiger partial charge on any atom is 0.331 e. The number of carbonyl (C=O) groups excluding carboxylic acids is 1. The van der Waals surface area contributed by atoms with E-state index < -0.39 is 5.97 Å². The molecule has 0 rings (SSSR count). The summed E-state index contributed by atoms with van der Waals surface area (Å²) in [6.07, 6.45) is 6.12. The van der Waals surface area contributed by atoms with Crippen LogP contribution in [0.15, 0.2) is 23.3 Å². The van der Waals surface area contributed by atoms with Crippen LogP contribution in [-0.4, -0.2) is 13.1 Å². The van der Waals surface area contributed by atoms with Crippen molar-refractivity contribution < 1.29 is 9.53 Å². The second-order valence-electron chi connectivity index (χ2n) is 4.47. The molecular formula is C14H21NO2. The zero-order valence-electron chi connectivity index (χ0n) is 11.1. The summed E-state index contributed by atoms with van der Waals surface area (Å²) >= 11 is 0. The van der Waals surface area contributed by atoms with Crippen molar-refractivity contribution in [2.45, 2.75) is 40.0 Å². The van der Waals surface area contributed by atoms with Gasteiger partial charge >= 0.3 is 5.97 Å². The molecule has 17 heavy (non-hydrogen) atoms. The Labute approximate surface area is 104 Å². The molecule has 94 valence electrons. The van der Waals surface area contributed by atoms with Gasteiger partial charge in [-0.05, 0) is 39.0 Å². The molecule has 0 fully saturated rings. The van der Waals surface area contributed by atoms with Gasteiger partial charge in [0.1, 0.15) is 0 Å². The van der Waals surface area contributed by atoms with Crippen molar-refractivity contribution in [2.75, 3.05) is 7.11 Å². The molecule has 3 heteroatoms. The number of methoxy groups -OCH3 is 1. The summed E-state index contributed by atoms with van der Waals surface area (Å²) in [6, 6.07) is 2.04. The Bertz CT molecular complexity index is 344. The van der Waals surface area contributed by atoms with E-state index in [2.05, 4.69) is 31.6 Å². The molecular weight excluding hydrogens is 214 g/mol. The number of hydrogen-bond acceptors (Lipinski definition) is 3. The largest absolute Gasteiger partial charge is 0.466 e. The lowest BCUT2D eigenvalue weighted by molar-refractivity contribution is -0.134. The number of esters is 1. The number of rotatable bonds is 6. The first kappa shape index (κ1) is 15.4. The summed E-state index contributed by atoms with van der Waals surface area (Å²) < 4.78 is 4.50. The minimum absolute atomic E-state index is 0.390. The summed E-state index contributed by atoms with van der Waals surface area (Å²) in [5, 5.41) is 8.89. The molecule has 3 nitrogen and oxygen atoms in total. The number of allylic oxidation sites excluding steroid dienone is 3. The second kappa shape index (κ2) is 8.58. The van der Waals surface area contributed by atoms with Crippen LogP contribution in [0.2, 0.25) is 0 Å². The van der Waals surface area contributed by atoms with E-state index in [1.54, 1.807) is 0 Å². The molecule has 0 bridgehead atoms. The van der Waals surface area contributed by atoms with Crippen LogP contribution in [-0.2, 0) is 9.53 Å². The molecule has 0 aliphatic rings. The van der Waals surface area contributed by atoms with Gasteiger partial charge in [-0.3, -0.25) is 0 Å². The summed E-state index contributed by atoms with van der Waals surface area (Å²) in [5.41, 5.74) is 1.80. The van der Waals surface area contributed by atoms with Gasteiger partial charge in [-0.15, -0.1) is 0 Å². The third kappa shape index (κ3) is 8.27. The monoisotopic (exact) mass is 235 g/mol. The van der Waals surface area contributed by atoms with E-state index in [1.165, 1.54) is 18.8 Å². The SMILES string of the molecule is COC(=O)C=C(C#N)CC(C)CCC=C(C)C. The number of nitriles is 1. The van der Waals surface area contributed by atoms with Gasteiger partial charge < -0.3 is 4.74 Å². The fraction of sp³-hybridized carbons (Fsp3) is 0.571. The lowest BCUT2D eigenvalue weighted by atomic mass is 9.96. The van der Waals surface area contributed by atoms with Crippen molar-refractivity contribution in [1.82, 2.24) is 0 Å². The standard InChI is InChI=1S/C14H21NO2/c1-11(2)6-5-7-12(3)8-13(10-15)9-14(16)17-4/h6,9,12H,5,7-8H2,1-4H3. The van der Waals surface area contributed by atoms with E-state index in [0.29, 0.717) is 17.9 Å². The fourth-order valence-corrected chi connectivity index (χ4v) is 1.47. The van der Waals surface area contributed by atoms with Gasteiger partial charge in [0, 0.05) is 11.6 Å². The zero-order chi connectivity index (χ0) is 13.3. The Morgan fingerprint density at radius 1 is 1.47 bits per heavy atom. The first-order valence-electron chi connectivity index (χ1n) is 5.81. The van der Waals surface area contributed by atoms with E-state index in [9.17, 15) is 4.79 Å². The Morgan fingerprint density at radius 3 is 2.59 bits per heavy atom. The number of carbonyl (C=O) groups is 1. The highest BCUT2D eigenvalue weighted by atomic mass is 16.5. The van der Waals surface area contributed by atoms with Crippen LogP contribution in [0.3, 0.4) is 0 Å². The molecule has 0 N–H and O–H groups in total. The molecule has 0 radical (unpaired) electrons. The van der Waals surface area contributed by atoms with Gasteiger partial charge in [-0.25, -0.2) is 4.79 Å². The average molecular weight is 235 g/mol. The molecule has 0 spiro atoms. The first-order valence-corrected chi connectivity index (χ1v) is 5.81. The summed E-state index contributed by atoms with van der Waals surface area (Å²) in [4.78, 5) is 11.0. The third-order valence-corrected chi connectivity index (χ3v) is 2.42. The maximum atomic E-state index is 11.0. The van der Waals surface area contributed by atoms with Gasteiger partial charge in [0.15, 0.2) is 0 Å². The molecule has 0 heterocycles. The highest BCUT2D eigenvalue weighted by molar-refractivity contribution is 5.83. The Balaban J connectivity index is 4.21. The van der Waals surface area contributed by atoms with E-state index in [1.807, 2.05) is 6.07 Å². The minimum atomic E-state index is -0.460. The van der Waals surface area contributed by atoms with Crippen LogP contribution < -0.4 is 0 Å². The molecule has 0 aliphatic heterocycles. The van der Waals surface area contributed by atoms with Crippen LogP contribution in [0.25, 0.3) is 0 Å². The number of nitrogens with zero attached hydrogens (tertiary/aromatic N) is 1. The van der Waals surface area contributed by atoms with Crippen LogP contribution in [0.4, 0.5) is 0 Å². The van der Waals surface area contributed by atoms with Gasteiger partial charge in [-0.2, -0.15) is 5.26 Å². The van der Waals surface area contributed by atoms with Crippen molar-refractivity contribution in [3.63, 3.8) is 0 Å². The normalized spacial score (nSPS) is 12.5. The smallest absolute Gasteiger partial charge is 0.331 e. The second-order valence-corrected chi connectivity index (χ2v) is 4.47. The van der Waals surface area contributed by atoms with Crippen LogP contribution in [0, 0.1) is 17.2 Å². The molecule has 1 unspecified atom stereocenters. The molecule has 0 aromatic heterocycles. The molecule has 0 aromatic rings. The number of hydrogen-bond donors (Lipinski definition) is 0. The van der Waals surface area contributed by atoms with Crippen LogP contribution >= 0.6 is 0 Å². The molecule has 0 amide bonds. The molecule has 0 aromatic carbocycles. The Kier molecular flexibility index (Phi) is 7.79. The molecule has 1 atom stereocenters. The number of ether oxygens (including phenoxy) is 1. The zero-order valence-corrected chi connectivity index (χ0v) is 11.1. The van der Waals surface area contributed by atoms with Crippen molar-refractivity contribution in [1.29, 1.82) is 5.26 Å². The van der Waals surface area contributed by atoms with E-state index in [4.69, 9.17) is 5.26 Å². The molecule has 0 saturated heterocycles. The van der Waals surface area contributed by atoms with E-state index in [0.717, 1.165) is 12.8 Å². The summed E-state index contributed by atoms with van der Waals surface area (Å²) in [7, 11) is 1.31. The third-order valence-electron chi connectivity index (χ3n) is 2.42. The highest BCUT2D eigenvalue weighted by Crippen LogP contribution is 2.17. The predicted molar refractivity (Wildman–Crippen MR) is 68.2 cm³/mol. The first-order chi connectivity index (χ1) is 7.99. The van der Waals surface area contributed by atoms with Crippen molar-refractivity contribution in [2.24, 2.45) is 5.92 Å². The lowest BCUT2D eigenvalue weighted by Crippen LogP contribution is -2.00. The van der Waals surface area contributed by atoms with Gasteiger partial charge in [-0.1, -0.05) is 18.6 Å². The predicted octanol–water partition coefficient (Wildman–Crippen LogP) is 3.38.